The fraction of sp³-hybridized carbons (Fsp3) is 0.429. The number of hydrogen-bond donors (Lipinski definition) is 2. The van der Waals surface area contributed by atoms with Gasteiger partial charge in [0.05, 0.1) is 22.9 Å². The van der Waals surface area contributed by atoms with Crippen LogP contribution in [0.4, 0.5) is 0 Å². The molecule has 2 aliphatic carbocycles. The average Bonchev–Trinajstić information content (AvgIpc) is 3.32. The molecule has 2 saturated carbocycles. The topological polar surface area (TPSA) is 109 Å². The number of amides is 2. The highest BCUT2D eigenvalue weighted by atomic mass is 16.2. The quantitative estimate of drug-likeness (QED) is 0.768. The Balaban J connectivity index is 1.82. The number of carbonyl (C=O) groups excluding carboxylic acids is 2. The minimum Gasteiger partial charge on any atom is -0.369 e. The molecule has 6 nitrogen and oxygen atoms in total. The second kappa shape index (κ2) is 4.04. The van der Waals surface area contributed by atoms with Crippen molar-refractivity contribution < 1.29 is 9.59 Å². The van der Waals surface area contributed by atoms with Crippen molar-refractivity contribution in [1.29, 1.82) is 5.26 Å². The number of rotatable bonds is 4. The summed E-state index contributed by atoms with van der Waals surface area (Å²) in [6.07, 6.45) is 4.10. The van der Waals surface area contributed by atoms with Gasteiger partial charge in [-0.1, -0.05) is 0 Å². The zero-order valence-electron chi connectivity index (χ0n) is 10.8. The van der Waals surface area contributed by atoms with Crippen LogP contribution in [-0.4, -0.2) is 16.8 Å². The molecule has 0 spiro atoms. The normalized spacial score (nSPS) is 20.6. The zero-order valence-corrected chi connectivity index (χ0v) is 10.8. The van der Waals surface area contributed by atoms with Crippen LogP contribution in [0.1, 0.15) is 36.9 Å². The molecule has 2 aliphatic rings. The molecule has 20 heavy (non-hydrogen) atoms. The summed E-state index contributed by atoms with van der Waals surface area (Å²) in [5.74, 6) is -0.879. The summed E-state index contributed by atoms with van der Waals surface area (Å²) in [7, 11) is 0. The fourth-order valence-electron chi connectivity index (χ4n) is 2.38. The minimum atomic E-state index is -1.03. The van der Waals surface area contributed by atoms with Crippen LogP contribution in [0.5, 0.6) is 0 Å². The molecule has 3 N–H and O–H groups in total. The Morgan fingerprint density at radius 3 is 2.55 bits per heavy atom. The molecule has 0 atom stereocenters. The largest absolute Gasteiger partial charge is 0.369 e. The first-order chi connectivity index (χ1) is 9.52. The number of nitrogens with two attached hydrogens (primary N) is 1. The molecule has 1 aromatic rings. The Bertz CT molecular complexity index is 639. The lowest BCUT2D eigenvalue weighted by atomic mass is 10.0. The number of primary amides is 1. The van der Waals surface area contributed by atoms with Crippen molar-refractivity contribution in [3.8, 4) is 6.07 Å². The van der Waals surface area contributed by atoms with E-state index in [4.69, 9.17) is 11.0 Å². The second-order valence-electron chi connectivity index (χ2n) is 5.52. The lowest BCUT2D eigenvalue weighted by Gasteiger charge is -2.20. The summed E-state index contributed by atoms with van der Waals surface area (Å²) in [5.41, 5.74) is 4.92. The van der Waals surface area contributed by atoms with Crippen LogP contribution in [0, 0.1) is 16.7 Å². The van der Waals surface area contributed by atoms with Gasteiger partial charge in [-0.15, -0.1) is 0 Å². The van der Waals surface area contributed by atoms with E-state index in [2.05, 4.69) is 16.4 Å². The van der Waals surface area contributed by atoms with E-state index in [1.807, 2.05) is 0 Å². The van der Waals surface area contributed by atoms with Crippen LogP contribution in [0.2, 0.25) is 0 Å². The molecule has 1 aromatic heterocycles. The lowest BCUT2D eigenvalue weighted by molar-refractivity contribution is -0.136. The Labute approximate surface area is 116 Å². The van der Waals surface area contributed by atoms with Crippen molar-refractivity contribution >= 4 is 11.8 Å². The predicted octanol–water partition coefficient (Wildman–Crippen LogP) is 0.324. The van der Waals surface area contributed by atoms with E-state index in [1.165, 1.54) is 0 Å². The smallest absolute Gasteiger partial charge is 0.236 e. The maximum atomic E-state index is 12.2. The van der Waals surface area contributed by atoms with Crippen LogP contribution >= 0.6 is 0 Å². The molecule has 0 aromatic carbocycles. The summed E-state index contributed by atoms with van der Waals surface area (Å²) in [5, 5.41) is 11.8. The molecule has 0 radical (unpaired) electrons. The van der Waals surface area contributed by atoms with Crippen LogP contribution in [-0.2, 0) is 15.1 Å². The first-order valence-electron chi connectivity index (χ1n) is 6.52. The lowest BCUT2D eigenvalue weighted by Crippen LogP contribution is -2.45. The number of nitrogens with one attached hydrogen (secondary N) is 1. The third kappa shape index (κ3) is 1.83. The molecular weight excluding hydrogens is 256 g/mol. The van der Waals surface area contributed by atoms with Gasteiger partial charge in [0.25, 0.3) is 0 Å². The van der Waals surface area contributed by atoms with Gasteiger partial charge in [-0.05, 0) is 37.8 Å². The van der Waals surface area contributed by atoms with Crippen molar-refractivity contribution in [1.82, 2.24) is 10.3 Å². The molecule has 0 aliphatic heterocycles. The molecule has 0 bridgehead atoms. The Morgan fingerprint density at radius 2 is 2.05 bits per heavy atom. The van der Waals surface area contributed by atoms with Gasteiger partial charge in [-0.2, -0.15) is 5.26 Å². The average molecular weight is 270 g/mol. The summed E-state index contributed by atoms with van der Waals surface area (Å²) in [6.45, 7) is 0. The van der Waals surface area contributed by atoms with E-state index in [-0.39, 0.29) is 5.91 Å². The van der Waals surface area contributed by atoms with Crippen molar-refractivity contribution in [3.63, 3.8) is 0 Å². The van der Waals surface area contributed by atoms with Crippen LogP contribution in [0.15, 0.2) is 18.3 Å². The third-order valence-corrected chi connectivity index (χ3v) is 4.14. The highest BCUT2D eigenvalue weighted by Crippen LogP contribution is 2.50. The Kier molecular flexibility index (Phi) is 2.54. The molecule has 2 fully saturated rings. The molecule has 6 heteroatoms. The number of pyridine rings is 1. The van der Waals surface area contributed by atoms with E-state index < -0.39 is 16.9 Å². The van der Waals surface area contributed by atoms with Crippen molar-refractivity contribution in [2.24, 2.45) is 11.1 Å². The van der Waals surface area contributed by atoms with Gasteiger partial charge in [0.1, 0.15) is 5.41 Å². The van der Waals surface area contributed by atoms with E-state index in [1.54, 1.807) is 18.3 Å². The van der Waals surface area contributed by atoms with Crippen molar-refractivity contribution in [2.45, 2.75) is 31.2 Å². The maximum absolute atomic E-state index is 12.2. The molecule has 3 rings (SSSR count). The monoisotopic (exact) mass is 270 g/mol. The molecular formula is C14H14N4O2. The standard InChI is InChI=1S/C14H14N4O2/c15-8-9-1-6-17-10(7-9)14(4-5-14)18-12(20)13(2-3-13)11(16)19/h1,6-7H,2-5H2,(H2,16,19)(H,18,20). The molecule has 1 heterocycles. The predicted molar refractivity (Wildman–Crippen MR) is 68.9 cm³/mol. The highest BCUT2D eigenvalue weighted by molar-refractivity contribution is 6.07. The fourth-order valence-corrected chi connectivity index (χ4v) is 2.38. The third-order valence-electron chi connectivity index (χ3n) is 4.14. The minimum absolute atomic E-state index is 0.313. The summed E-state index contributed by atoms with van der Waals surface area (Å²) in [4.78, 5) is 27.9. The van der Waals surface area contributed by atoms with E-state index in [9.17, 15) is 9.59 Å². The SMILES string of the molecule is N#Cc1ccnc(C2(NC(=O)C3(C(N)=O)CC3)CC2)c1. The zero-order chi connectivity index (χ0) is 14.4. The number of carbonyl (C=O) groups is 2. The van der Waals surface area contributed by atoms with Gasteiger partial charge in [-0.3, -0.25) is 14.6 Å². The second-order valence-corrected chi connectivity index (χ2v) is 5.52. The van der Waals surface area contributed by atoms with Gasteiger partial charge in [-0.25, -0.2) is 0 Å². The van der Waals surface area contributed by atoms with Gasteiger partial charge >= 0.3 is 0 Å². The van der Waals surface area contributed by atoms with E-state index in [0.29, 0.717) is 24.1 Å². The Hall–Kier alpha value is -2.42. The van der Waals surface area contributed by atoms with E-state index in [0.717, 1.165) is 12.8 Å². The van der Waals surface area contributed by atoms with E-state index >= 15 is 0 Å². The van der Waals surface area contributed by atoms with Crippen LogP contribution in [0.3, 0.4) is 0 Å². The molecule has 2 amide bonds. The molecule has 102 valence electrons. The van der Waals surface area contributed by atoms with Gasteiger partial charge in [0, 0.05) is 6.20 Å². The van der Waals surface area contributed by atoms with Crippen LogP contribution in [0.25, 0.3) is 0 Å². The number of aromatic nitrogens is 1. The Morgan fingerprint density at radius 1 is 1.35 bits per heavy atom. The van der Waals surface area contributed by atoms with Gasteiger partial charge in [0.15, 0.2) is 0 Å². The highest BCUT2D eigenvalue weighted by Gasteiger charge is 2.59. The van der Waals surface area contributed by atoms with Crippen molar-refractivity contribution in [3.05, 3.63) is 29.6 Å². The maximum Gasteiger partial charge on any atom is 0.236 e. The first-order valence-corrected chi connectivity index (χ1v) is 6.52. The number of hydrogen-bond acceptors (Lipinski definition) is 4. The van der Waals surface area contributed by atoms with Crippen LogP contribution < -0.4 is 11.1 Å². The number of nitriles is 1. The molecule has 0 unspecified atom stereocenters. The first kappa shape index (κ1) is 12.6. The van der Waals surface area contributed by atoms with Crippen molar-refractivity contribution in [2.75, 3.05) is 0 Å². The number of nitrogens with zero attached hydrogens (tertiary/aromatic N) is 2. The molecule has 0 saturated heterocycles. The van der Waals surface area contributed by atoms with Gasteiger partial charge in [0.2, 0.25) is 11.8 Å². The summed E-state index contributed by atoms with van der Waals surface area (Å²) in [6, 6.07) is 5.35. The summed E-state index contributed by atoms with van der Waals surface area (Å²) >= 11 is 0. The van der Waals surface area contributed by atoms with Gasteiger partial charge < -0.3 is 11.1 Å². The summed E-state index contributed by atoms with van der Waals surface area (Å²) < 4.78 is 0.